The van der Waals surface area contributed by atoms with Gasteiger partial charge in [0.15, 0.2) is 0 Å². The first kappa shape index (κ1) is 18.0. The summed E-state index contributed by atoms with van der Waals surface area (Å²) in [5.74, 6) is 1.61. The molecule has 0 aromatic heterocycles. The van der Waals surface area contributed by atoms with E-state index in [4.69, 9.17) is 0 Å². The summed E-state index contributed by atoms with van der Waals surface area (Å²) in [5.41, 5.74) is 0.725. The van der Waals surface area contributed by atoms with Crippen molar-refractivity contribution in [2.75, 3.05) is 12.3 Å². The van der Waals surface area contributed by atoms with Gasteiger partial charge in [-0.25, -0.2) is 4.39 Å². The average molecular weight is 311 g/mol. The van der Waals surface area contributed by atoms with E-state index in [1.165, 1.54) is 6.07 Å². The Morgan fingerprint density at radius 1 is 1.33 bits per heavy atom. The molecule has 4 heteroatoms. The van der Waals surface area contributed by atoms with Gasteiger partial charge in [0.05, 0.1) is 0 Å². The van der Waals surface area contributed by atoms with Gasteiger partial charge in [-0.05, 0) is 24.5 Å². The van der Waals surface area contributed by atoms with Crippen LogP contribution in [0.25, 0.3) is 0 Å². The highest BCUT2D eigenvalue weighted by molar-refractivity contribution is 7.98. The number of nitrogens with one attached hydrogen (secondary N) is 1. The molecule has 118 valence electrons. The maximum absolute atomic E-state index is 13.4. The molecule has 1 amide bonds. The van der Waals surface area contributed by atoms with Gasteiger partial charge in [-0.1, -0.05) is 44.9 Å². The third-order valence-corrected chi connectivity index (χ3v) is 4.54. The van der Waals surface area contributed by atoms with E-state index in [0.717, 1.165) is 37.0 Å². The Balaban J connectivity index is 2.18. The quantitative estimate of drug-likeness (QED) is 0.649. The highest BCUT2D eigenvalue weighted by atomic mass is 32.2. The number of amides is 1. The molecule has 0 bridgehead atoms. The molecule has 0 radical (unpaired) electrons. The first-order valence-electron chi connectivity index (χ1n) is 7.77. The summed E-state index contributed by atoms with van der Waals surface area (Å²) < 4.78 is 13.4. The van der Waals surface area contributed by atoms with Gasteiger partial charge in [-0.3, -0.25) is 4.79 Å². The first-order valence-corrected chi connectivity index (χ1v) is 8.93. The molecule has 1 aromatic carbocycles. The van der Waals surface area contributed by atoms with Gasteiger partial charge in [0.2, 0.25) is 5.91 Å². The zero-order valence-electron chi connectivity index (χ0n) is 13.0. The molecule has 0 unspecified atom stereocenters. The van der Waals surface area contributed by atoms with Crippen LogP contribution >= 0.6 is 11.8 Å². The van der Waals surface area contributed by atoms with Crippen LogP contribution in [-0.2, 0) is 10.5 Å². The second-order valence-electron chi connectivity index (χ2n) is 5.18. The number of benzene rings is 1. The number of thioether (sulfide) groups is 1. The Labute approximate surface area is 131 Å². The molecule has 0 heterocycles. The van der Waals surface area contributed by atoms with E-state index in [2.05, 4.69) is 19.2 Å². The maximum atomic E-state index is 13.4. The lowest BCUT2D eigenvalue weighted by molar-refractivity contribution is -0.125. The van der Waals surface area contributed by atoms with Crippen LogP contribution in [0.4, 0.5) is 4.39 Å². The molecule has 1 aromatic rings. The van der Waals surface area contributed by atoms with Gasteiger partial charge in [-0.15, -0.1) is 0 Å². The molecule has 0 saturated carbocycles. The Morgan fingerprint density at radius 2 is 2.10 bits per heavy atom. The predicted molar refractivity (Wildman–Crippen MR) is 88.9 cm³/mol. The fourth-order valence-electron chi connectivity index (χ4n) is 2.16. The Kier molecular flexibility index (Phi) is 9.15. The van der Waals surface area contributed by atoms with Crippen molar-refractivity contribution in [2.24, 2.45) is 5.92 Å². The topological polar surface area (TPSA) is 29.1 Å². The SMILES string of the molecule is CCCC[C@H](CC)C(=O)NCCSCc1ccccc1F. The van der Waals surface area contributed by atoms with Gasteiger partial charge in [-0.2, -0.15) is 11.8 Å². The molecular formula is C17H26FNOS. The maximum Gasteiger partial charge on any atom is 0.223 e. The van der Waals surface area contributed by atoms with E-state index in [0.29, 0.717) is 12.3 Å². The summed E-state index contributed by atoms with van der Waals surface area (Å²) in [6.45, 7) is 4.86. The van der Waals surface area contributed by atoms with Crippen LogP contribution in [0.1, 0.15) is 45.1 Å². The Morgan fingerprint density at radius 3 is 2.76 bits per heavy atom. The van der Waals surface area contributed by atoms with Crippen molar-refractivity contribution in [3.05, 3.63) is 35.6 Å². The number of unbranched alkanes of at least 4 members (excludes halogenated alkanes) is 1. The van der Waals surface area contributed by atoms with Crippen LogP contribution in [0.2, 0.25) is 0 Å². The standard InChI is InChI=1S/C17H26FNOS/c1-3-5-8-14(4-2)17(20)19-11-12-21-13-15-9-6-7-10-16(15)18/h6-7,9-10,14H,3-5,8,11-13H2,1-2H3,(H,19,20)/t14-/m0/s1. The molecule has 0 saturated heterocycles. The van der Waals surface area contributed by atoms with Crippen LogP contribution in [0.5, 0.6) is 0 Å². The highest BCUT2D eigenvalue weighted by Crippen LogP contribution is 2.15. The summed E-state index contributed by atoms with van der Waals surface area (Å²) in [6.07, 6.45) is 4.10. The molecule has 1 N–H and O–H groups in total. The molecule has 0 aliphatic heterocycles. The fourth-order valence-corrected chi connectivity index (χ4v) is 3.00. The third kappa shape index (κ3) is 6.98. The summed E-state index contributed by atoms with van der Waals surface area (Å²) in [4.78, 5) is 12.0. The second kappa shape index (κ2) is 10.7. The van der Waals surface area contributed by atoms with Crippen molar-refractivity contribution < 1.29 is 9.18 Å². The van der Waals surface area contributed by atoms with E-state index in [9.17, 15) is 9.18 Å². The fraction of sp³-hybridized carbons (Fsp3) is 0.588. The molecule has 0 aliphatic carbocycles. The summed E-state index contributed by atoms with van der Waals surface area (Å²) in [5, 5.41) is 2.99. The first-order chi connectivity index (χ1) is 10.2. The number of carbonyl (C=O) groups is 1. The number of rotatable bonds is 10. The van der Waals surface area contributed by atoms with Crippen LogP contribution in [0, 0.1) is 11.7 Å². The lowest BCUT2D eigenvalue weighted by Crippen LogP contribution is -2.32. The molecule has 0 spiro atoms. The number of halogens is 1. The average Bonchev–Trinajstić information content (AvgIpc) is 2.49. The summed E-state index contributed by atoms with van der Waals surface area (Å²) in [7, 11) is 0. The lowest BCUT2D eigenvalue weighted by Gasteiger charge is -2.14. The summed E-state index contributed by atoms with van der Waals surface area (Å²) >= 11 is 1.64. The molecule has 1 atom stereocenters. The molecule has 0 aliphatic rings. The van der Waals surface area contributed by atoms with Crippen LogP contribution in [0.15, 0.2) is 24.3 Å². The monoisotopic (exact) mass is 311 g/mol. The van der Waals surface area contributed by atoms with Gasteiger partial charge in [0, 0.05) is 24.0 Å². The van der Waals surface area contributed by atoms with Crippen molar-refractivity contribution in [1.82, 2.24) is 5.32 Å². The molecular weight excluding hydrogens is 285 g/mol. The molecule has 0 fully saturated rings. The van der Waals surface area contributed by atoms with Gasteiger partial charge < -0.3 is 5.32 Å². The van der Waals surface area contributed by atoms with Crippen molar-refractivity contribution in [2.45, 2.75) is 45.3 Å². The normalized spacial score (nSPS) is 12.1. The number of hydrogen-bond acceptors (Lipinski definition) is 2. The van der Waals surface area contributed by atoms with Crippen LogP contribution < -0.4 is 5.32 Å². The van der Waals surface area contributed by atoms with Gasteiger partial charge >= 0.3 is 0 Å². The Bertz CT molecular complexity index is 425. The lowest BCUT2D eigenvalue weighted by atomic mass is 9.98. The highest BCUT2D eigenvalue weighted by Gasteiger charge is 2.14. The van der Waals surface area contributed by atoms with Gasteiger partial charge in [0.1, 0.15) is 5.82 Å². The minimum Gasteiger partial charge on any atom is -0.355 e. The third-order valence-electron chi connectivity index (χ3n) is 3.53. The zero-order chi connectivity index (χ0) is 15.5. The molecule has 21 heavy (non-hydrogen) atoms. The van der Waals surface area contributed by atoms with E-state index in [1.54, 1.807) is 23.9 Å². The predicted octanol–water partition coefficient (Wildman–Crippen LogP) is 4.39. The van der Waals surface area contributed by atoms with Crippen molar-refractivity contribution in [3.8, 4) is 0 Å². The number of hydrogen-bond donors (Lipinski definition) is 1. The van der Waals surface area contributed by atoms with Crippen LogP contribution in [0.3, 0.4) is 0 Å². The smallest absolute Gasteiger partial charge is 0.223 e. The van der Waals surface area contributed by atoms with Crippen molar-refractivity contribution >= 4 is 17.7 Å². The largest absolute Gasteiger partial charge is 0.355 e. The molecule has 1 rings (SSSR count). The zero-order valence-corrected chi connectivity index (χ0v) is 13.8. The van der Waals surface area contributed by atoms with E-state index in [1.807, 2.05) is 6.07 Å². The number of carbonyl (C=O) groups excluding carboxylic acids is 1. The van der Waals surface area contributed by atoms with Gasteiger partial charge in [0.25, 0.3) is 0 Å². The Hall–Kier alpha value is -1.03. The molecule has 2 nitrogen and oxygen atoms in total. The van der Waals surface area contributed by atoms with Crippen LogP contribution in [-0.4, -0.2) is 18.2 Å². The minimum atomic E-state index is -0.153. The van der Waals surface area contributed by atoms with E-state index in [-0.39, 0.29) is 17.6 Å². The van der Waals surface area contributed by atoms with Crippen molar-refractivity contribution in [3.63, 3.8) is 0 Å². The second-order valence-corrected chi connectivity index (χ2v) is 6.29. The minimum absolute atomic E-state index is 0.140. The van der Waals surface area contributed by atoms with Crippen molar-refractivity contribution in [1.29, 1.82) is 0 Å². The van der Waals surface area contributed by atoms with E-state index < -0.39 is 0 Å². The summed E-state index contributed by atoms with van der Waals surface area (Å²) in [6, 6.07) is 6.83. The van der Waals surface area contributed by atoms with E-state index >= 15 is 0 Å².